The van der Waals surface area contributed by atoms with Crippen LogP contribution in [0.3, 0.4) is 0 Å². The van der Waals surface area contributed by atoms with Crippen molar-refractivity contribution in [3.63, 3.8) is 0 Å². The number of rotatable bonds is 4. The van der Waals surface area contributed by atoms with Crippen molar-refractivity contribution in [3.05, 3.63) is 64.8 Å². The van der Waals surface area contributed by atoms with E-state index in [0.29, 0.717) is 11.9 Å². The molecule has 0 saturated carbocycles. The van der Waals surface area contributed by atoms with E-state index in [9.17, 15) is 4.79 Å². The van der Waals surface area contributed by atoms with Crippen molar-refractivity contribution in [1.82, 2.24) is 14.5 Å². The van der Waals surface area contributed by atoms with Crippen LogP contribution in [0.4, 0.5) is 5.82 Å². The topological polar surface area (TPSA) is 59.8 Å². The highest BCUT2D eigenvalue weighted by Gasteiger charge is 2.07. The minimum Gasteiger partial charge on any atom is -0.370 e. The SMILES string of the molecule is CCNc1ncccc1Cn1cnc2ccccc2c1=O. The van der Waals surface area contributed by atoms with Crippen LogP contribution in [-0.2, 0) is 6.54 Å². The fourth-order valence-electron chi connectivity index (χ4n) is 2.30. The van der Waals surface area contributed by atoms with Gasteiger partial charge in [0.2, 0.25) is 0 Å². The van der Waals surface area contributed by atoms with Crippen LogP contribution in [-0.4, -0.2) is 21.1 Å². The number of nitrogens with zero attached hydrogens (tertiary/aromatic N) is 3. The molecular formula is C16H16N4O. The van der Waals surface area contributed by atoms with Crippen molar-refractivity contribution in [2.45, 2.75) is 13.5 Å². The summed E-state index contributed by atoms with van der Waals surface area (Å²) in [5.74, 6) is 0.806. The van der Waals surface area contributed by atoms with Gasteiger partial charge in [-0.1, -0.05) is 18.2 Å². The maximum absolute atomic E-state index is 12.5. The molecule has 0 atom stereocenters. The van der Waals surface area contributed by atoms with Gasteiger partial charge in [-0.25, -0.2) is 9.97 Å². The molecule has 0 radical (unpaired) electrons. The zero-order valence-corrected chi connectivity index (χ0v) is 11.8. The van der Waals surface area contributed by atoms with Gasteiger partial charge < -0.3 is 5.32 Å². The molecule has 1 aromatic carbocycles. The average molecular weight is 280 g/mol. The lowest BCUT2D eigenvalue weighted by Crippen LogP contribution is -2.21. The van der Waals surface area contributed by atoms with Crippen molar-refractivity contribution in [2.75, 3.05) is 11.9 Å². The lowest BCUT2D eigenvalue weighted by Gasteiger charge is -2.11. The summed E-state index contributed by atoms with van der Waals surface area (Å²) in [6.07, 6.45) is 3.33. The van der Waals surface area contributed by atoms with Gasteiger partial charge in [0.15, 0.2) is 0 Å². The first-order valence-electron chi connectivity index (χ1n) is 6.91. The highest BCUT2D eigenvalue weighted by molar-refractivity contribution is 5.76. The Morgan fingerprint density at radius 2 is 2.00 bits per heavy atom. The minimum absolute atomic E-state index is 0.0353. The Bertz CT molecular complexity index is 826. The second-order valence-electron chi connectivity index (χ2n) is 4.74. The van der Waals surface area contributed by atoms with Crippen LogP contribution in [0, 0.1) is 0 Å². The molecule has 0 bridgehead atoms. The molecule has 2 aromatic heterocycles. The number of pyridine rings is 1. The Morgan fingerprint density at radius 1 is 1.14 bits per heavy atom. The molecule has 0 spiro atoms. The third-order valence-electron chi connectivity index (χ3n) is 3.31. The van der Waals surface area contributed by atoms with Gasteiger partial charge in [-0.3, -0.25) is 9.36 Å². The van der Waals surface area contributed by atoms with E-state index < -0.39 is 0 Å². The van der Waals surface area contributed by atoms with Crippen LogP contribution in [0.25, 0.3) is 10.9 Å². The first-order chi connectivity index (χ1) is 10.3. The molecule has 0 unspecified atom stereocenters. The Balaban J connectivity index is 2.03. The Morgan fingerprint density at radius 3 is 2.86 bits per heavy atom. The molecule has 0 amide bonds. The van der Waals surface area contributed by atoms with Crippen LogP contribution in [0.5, 0.6) is 0 Å². The molecule has 3 rings (SSSR count). The molecule has 21 heavy (non-hydrogen) atoms. The lowest BCUT2D eigenvalue weighted by atomic mass is 10.2. The quantitative estimate of drug-likeness (QED) is 0.796. The molecule has 0 aliphatic heterocycles. The van der Waals surface area contributed by atoms with Gasteiger partial charge in [-0.05, 0) is 25.1 Å². The molecule has 2 heterocycles. The first-order valence-corrected chi connectivity index (χ1v) is 6.91. The van der Waals surface area contributed by atoms with Gasteiger partial charge in [-0.2, -0.15) is 0 Å². The van der Waals surface area contributed by atoms with E-state index in [1.807, 2.05) is 37.3 Å². The molecule has 0 fully saturated rings. The van der Waals surface area contributed by atoms with Gasteiger partial charge >= 0.3 is 0 Å². The number of anilines is 1. The van der Waals surface area contributed by atoms with Crippen LogP contribution < -0.4 is 10.9 Å². The summed E-state index contributed by atoms with van der Waals surface area (Å²) in [4.78, 5) is 21.1. The highest BCUT2D eigenvalue weighted by atomic mass is 16.1. The van der Waals surface area contributed by atoms with Crippen molar-refractivity contribution in [1.29, 1.82) is 0 Å². The number of aromatic nitrogens is 3. The second-order valence-corrected chi connectivity index (χ2v) is 4.74. The average Bonchev–Trinajstić information content (AvgIpc) is 2.52. The fourth-order valence-corrected chi connectivity index (χ4v) is 2.30. The highest BCUT2D eigenvalue weighted by Crippen LogP contribution is 2.13. The van der Waals surface area contributed by atoms with E-state index in [1.165, 1.54) is 0 Å². The van der Waals surface area contributed by atoms with E-state index in [-0.39, 0.29) is 5.56 Å². The predicted molar refractivity (Wildman–Crippen MR) is 83.5 cm³/mol. The van der Waals surface area contributed by atoms with E-state index >= 15 is 0 Å². The summed E-state index contributed by atoms with van der Waals surface area (Å²) < 4.78 is 1.61. The molecule has 1 N–H and O–H groups in total. The van der Waals surface area contributed by atoms with E-state index in [0.717, 1.165) is 23.4 Å². The maximum Gasteiger partial charge on any atom is 0.261 e. The van der Waals surface area contributed by atoms with Crippen LogP contribution in [0.2, 0.25) is 0 Å². The van der Waals surface area contributed by atoms with Crippen molar-refractivity contribution in [2.24, 2.45) is 0 Å². The summed E-state index contributed by atoms with van der Waals surface area (Å²) in [5, 5.41) is 3.84. The molecule has 3 aromatic rings. The predicted octanol–water partition coefficient (Wildman–Crippen LogP) is 2.27. The van der Waals surface area contributed by atoms with Crippen LogP contribution in [0.15, 0.2) is 53.7 Å². The molecule has 5 nitrogen and oxygen atoms in total. The Labute approximate surface area is 122 Å². The van der Waals surface area contributed by atoms with Gasteiger partial charge in [0.05, 0.1) is 23.8 Å². The number of hydrogen-bond acceptors (Lipinski definition) is 4. The maximum atomic E-state index is 12.5. The van der Waals surface area contributed by atoms with E-state index in [4.69, 9.17) is 0 Å². The molecule has 0 saturated heterocycles. The van der Waals surface area contributed by atoms with Gasteiger partial charge in [-0.15, -0.1) is 0 Å². The number of benzene rings is 1. The minimum atomic E-state index is -0.0353. The normalized spacial score (nSPS) is 10.7. The van der Waals surface area contributed by atoms with Crippen LogP contribution >= 0.6 is 0 Å². The Hall–Kier alpha value is -2.69. The summed E-state index contributed by atoms with van der Waals surface area (Å²) in [6.45, 7) is 3.25. The van der Waals surface area contributed by atoms with Gasteiger partial charge in [0, 0.05) is 18.3 Å². The lowest BCUT2D eigenvalue weighted by molar-refractivity contribution is 0.746. The van der Waals surface area contributed by atoms with E-state index in [1.54, 1.807) is 23.2 Å². The molecular weight excluding hydrogens is 264 g/mol. The standard InChI is InChI=1S/C16H16N4O/c1-2-17-15-12(6-5-9-18-15)10-20-11-19-14-8-4-3-7-13(14)16(20)21/h3-9,11H,2,10H2,1H3,(H,17,18). The van der Waals surface area contributed by atoms with Crippen molar-refractivity contribution in [3.8, 4) is 0 Å². The Kier molecular flexibility index (Phi) is 3.64. The third kappa shape index (κ3) is 2.63. The van der Waals surface area contributed by atoms with Gasteiger partial charge in [0.1, 0.15) is 5.82 Å². The van der Waals surface area contributed by atoms with E-state index in [2.05, 4.69) is 15.3 Å². The van der Waals surface area contributed by atoms with Crippen LogP contribution in [0.1, 0.15) is 12.5 Å². The largest absolute Gasteiger partial charge is 0.370 e. The summed E-state index contributed by atoms with van der Waals surface area (Å²) in [6, 6.07) is 11.2. The third-order valence-corrected chi connectivity index (χ3v) is 3.31. The smallest absolute Gasteiger partial charge is 0.261 e. The molecule has 0 aliphatic carbocycles. The number of para-hydroxylation sites is 1. The number of nitrogens with one attached hydrogen (secondary N) is 1. The molecule has 5 heteroatoms. The van der Waals surface area contributed by atoms with Crippen molar-refractivity contribution >= 4 is 16.7 Å². The first kappa shape index (κ1) is 13.3. The number of hydrogen-bond donors (Lipinski definition) is 1. The van der Waals surface area contributed by atoms with Crippen molar-refractivity contribution < 1.29 is 0 Å². The summed E-state index contributed by atoms with van der Waals surface area (Å²) in [5.41, 5.74) is 1.65. The zero-order valence-electron chi connectivity index (χ0n) is 11.8. The zero-order chi connectivity index (χ0) is 14.7. The second kappa shape index (κ2) is 5.75. The summed E-state index contributed by atoms with van der Waals surface area (Å²) >= 11 is 0. The molecule has 106 valence electrons. The van der Waals surface area contributed by atoms with Gasteiger partial charge in [0.25, 0.3) is 5.56 Å². The number of fused-ring (bicyclic) bond motifs is 1. The summed E-state index contributed by atoms with van der Waals surface area (Å²) in [7, 11) is 0. The molecule has 0 aliphatic rings. The monoisotopic (exact) mass is 280 g/mol. The fraction of sp³-hybridized carbons (Fsp3) is 0.188.